The number of nitrogens with zero attached hydrogens (tertiary/aromatic N) is 4. The molecule has 0 unspecified atom stereocenters. The fourth-order valence-electron chi connectivity index (χ4n) is 2.42. The Kier molecular flexibility index (Phi) is 2.48. The predicted octanol–water partition coefficient (Wildman–Crippen LogP) is 1.61. The summed E-state index contributed by atoms with van der Waals surface area (Å²) < 4.78 is 1.64. The standard InChI is InChI=1S/C12H12N4O3/c1-14-10-5-4-8(16(18)19)7-9(10)12(13-14)15-6-2-3-11(15)17/h4-5,7H,2-3,6H2,1H3. The highest BCUT2D eigenvalue weighted by Crippen LogP contribution is 2.31. The Morgan fingerprint density at radius 2 is 2.21 bits per heavy atom. The molecule has 0 spiro atoms. The van der Waals surface area contributed by atoms with E-state index >= 15 is 0 Å². The predicted molar refractivity (Wildman–Crippen MR) is 69.0 cm³/mol. The van der Waals surface area contributed by atoms with Gasteiger partial charge in [-0.2, -0.15) is 5.10 Å². The number of fused-ring (bicyclic) bond motifs is 1. The van der Waals surface area contributed by atoms with Gasteiger partial charge >= 0.3 is 0 Å². The molecule has 1 aromatic carbocycles. The van der Waals surface area contributed by atoms with Crippen molar-refractivity contribution >= 4 is 28.3 Å². The van der Waals surface area contributed by atoms with Gasteiger partial charge in [-0.05, 0) is 12.5 Å². The minimum absolute atomic E-state index is 0.00777. The van der Waals surface area contributed by atoms with Gasteiger partial charge < -0.3 is 0 Å². The number of aromatic nitrogens is 2. The highest BCUT2D eigenvalue weighted by molar-refractivity contribution is 6.03. The third-order valence-corrected chi connectivity index (χ3v) is 3.35. The summed E-state index contributed by atoms with van der Waals surface area (Å²) in [4.78, 5) is 23.8. The Bertz CT molecular complexity index is 692. The van der Waals surface area contributed by atoms with E-state index in [0.717, 1.165) is 11.9 Å². The molecular formula is C12H12N4O3. The smallest absolute Gasteiger partial charge is 0.270 e. The molecule has 1 aliphatic rings. The summed E-state index contributed by atoms with van der Waals surface area (Å²) in [5, 5.41) is 15.8. The molecule has 0 bridgehead atoms. The molecular weight excluding hydrogens is 248 g/mol. The number of aryl methyl sites for hydroxylation is 1. The largest absolute Gasteiger partial charge is 0.295 e. The second kappa shape index (κ2) is 4.04. The van der Waals surface area contributed by atoms with Gasteiger partial charge in [-0.1, -0.05) is 0 Å². The number of carbonyl (C=O) groups is 1. The first kappa shape index (κ1) is 11.6. The Labute approximate surface area is 108 Å². The number of benzene rings is 1. The number of amides is 1. The molecule has 1 fully saturated rings. The summed E-state index contributed by atoms with van der Waals surface area (Å²) in [5.41, 5.74) is 0.786. The van der Waals surface area contributed by atoms with Crippen LogP contribution in [-0.2, 0) is 11.8 Å². The fourth-order valence-corrected chi connectivity index (χ4v) is 2.42. The summed E-state index contributed by atoms with van der Waals surface area (Å²) >= 11 is 0. The summed E-state index contributed by atoms with van der Waals surface area (Å²) in [6, 6.07) is 4.58. The van der Waals surface area contributed by atoms with Crippen LogP contribution in [0.3, 0.4) is 0 Å². The van der Waals surface area contributed by atoms with Crippen molar-refractivity contribution in [1.29, 1.82) is 0 Å². The Balaban J connectivity index is 2.21. The maximum Gasteiger partial charge on any atom is 0.270 e. The summed E-state index contributed by atoms with van der Waals surface area (Å²) in [6.07, 6.45) is 1.30. The van der Waals surface area contributed by atoms with Gasteiger partial charge in [-0.3, -0.25) is 24.5 Å². The van der Waals surface area contributed by atoms with Crippen molar-refractivity contribution in [2.75, 3.05) is 11.4 Å². The second-order valence-electron chi connectivity index (χ2n) is 4.55. The molecule has 2 heterocycles. The van der Waals surface area contributed by atoms with Gasteiger partial charge in [0, 0.05) is 32.1 Å². The van der Waals surface area contributed by atoms with E-state index in [1.54, 1.807) is 22.7 Å². The Hall–Kier alpha value is -2.44. The van der Waals surface area contributed by atoms with Crippen molar-refractivity contribution in [2.45, 2.75) is 12.8 Å². The van der Waals surface area contributed by atoms with Gasteiger partial charge in [-0.25, -0.2) is 0 Å². The normalized spacial score (nSPS) is 15.4. The topological polar surface area (TPSA) is 81.3 Å². The van der Waals surface area contributed by atoms with Gasteiger partial charge in [0.2, 0.25) is 5.91 Å². The van der Waals surface area contributed by atoms with Crippen LogP contribution in [0.5, 0.6) is 0 Å². The van der Waals surface area contributed by atoms with E-state index in [2.05, 4.69) is 5.10 Å². The molecule has 1 saturated heterocycles. The van der Waals surface area contributed by atoms with Crippen molar-refractivity contribution in [1.82, 2.24) is 9.78 Å². The summed E-state index contributed by atoms with van der Waals surface area (Å²) in [7, 11) is 1.76. The molecule has 0 atom stereocenters. The zero-order valence-corrected chi connectivity index (χ0v) is 10.4. The van der Waals surface area contributed by atoms with Crippen molar-refractivity contribution < 1.29 is 9.72 Å². The zero-order valence-electron chi connectivity index (χ0n) is 10.4. The molecule has 3 rings (SSSR count). The van der Waals surface area contributed by atoms with Crippen LogP contribution in [0, 0.1) is 10.1 Å². The maximum absolute atomic E-state index is 11.8. The van der Waals surface area contributed by atoms with Crippen LogP contribution in [0.15, 0.2) is 18.2 Å². The number of nitro groups is 1. The Morgan fingerprint density at radius 1 is 1.42 bits per heavy atom. The van der Waals surface area contributed by atoms with Crippen LogP contribution in [-0.4, -0.2) is 27.2 Å². The van der Waals surface area contributed by atoms with Crippen LogP contribution < -0.4 is 4.90 Å². The van der Waals surface area contributed by atoms with E-state index in [0.29, 0.717) is 24.2 Å². The molecule has 1 amide bonds. The van der Waals surface area contributed by atoms with Crippen LogP contribution in [0.1, 0.15) is 12.8 Å². The van der Waals surface area contributed by atoms with Crippen molar-refractivity contribution in [3.05, 3.63) is 28.3 Å². The Morgan fingerprint density at radius 3 is 2.84 bits per heavy atom. The number of non-ortho nitro benzene ring substituents is 1. The molecule has 7 heteroatoms. The first-order valence-corrected chi connectivity index (χ1v) is 5.99. The molecule has 7 nitrogen and oxygen atoms in total. The zero-order chi connectivity index (χ0) is 13.6. The van der Waals surface area contributed by atoms with E-state index in [9.17, 15) is 14.9 Å². The average molecular weight is 260 g/mol. The molecule has 19 heavy (non-hydrogen) atoms. The van der Waals surface area contributed by atoms with E-state index in [4.69, 9.17) is 0 Å². The molecule has 1 aliphatic heterocycles. The number of hydrogen-bond donors (Lipinski definition) is 0. The first-order valence-electron chi connectivity index (χ1n) is 5.99. The number of rotatable bonds is 2. The fraction of sp³-hybridized carbons (Fsp3) is 0.333. The highest BCUT2D eigenvalue weighted by Gasteiger charge is 2.26. The number of nitro benzene ring substituents is 1. The molecule has 0 aliphatic carbocycles. The third-order valence-electron chi connectivity index (χ3n) is 3.35. The second-order valence-corrected chi connectivity index (χ2v) is 4.55. The number of hydrogen-bond acceptors (Lipinski definition) is 4. The van der Waals surface area contributed by atoms with Crippen molar-refractivity contribution in [3.8, 4) is 0 Å². The number of carbonyl (C=O) groups excluding carboxylic acids is 1. The van der Waals surface area contributed by atoms with Gasteiger partial charge in [0.15, 0.2) is 5.82 Å². The third kappa shape index (κ3) is 1.74. The molecule has 0 saturated carbocycles. The monoisotopic (exact) mass is 260 g/mol. The molecule has 2 aromatic rings. The summed E-state index contributed by atoms with van der Waals surface area (Å²) in [6.45, 7) is 0.619. The van der Waals surface area contributed by atoms with E-state index in [-0.39, 0.29) is 11.6 Å². The van der Waals surface area contributed by atoms with Gasteiger partial charge in [0.05, 0.1) is 15.8 Å². The lowest BCUT2D eigenvalue weighted by Gasteiger charge is -2.11. The van der Waals surface area contributed by atoms with Gasteiger partial charge in [0.1, 0.15) is 0 Å². The van der Waals surface area contributed by atoms with Crippen LogP contribution in [0.25, 0.3) is 10.9 Å². The molecule has 0 radical (unpaired) electrons. The maximum atomic E-state index is 11.8. The average Bonchev–Trinajstić information content (AvgIpc) is 2.93. The minimum Gasteiger partial charge on any atom is -0.295 e. The van der Waals surface area contributed by atoms with E-state index < -0.39 is 4.92 Å². The molecule has 98 valence electrons. The molecule has 0 N–H and O–H groups in total. The van der Waals surface area contributed by atoms with Crippen molar-refractivity contribution in [2.24, 2.45) is 7.05 Å². The lowest BCUT2D eigenvalue weighted by molar-refractivity contribution is -0.384. The molecule has 1 aromatic heterocycles. The van der Waals surface area contributed by atoms with Crippen LogP contribution >= 0.6 is 0 Å². The first-order chi connectivity index (χ1) is 9.08. The summed E-state index contributed by atoms with van der Waals surface area (Å²) in [5.74, 6) is 0.537. The minimum atomic E-state index is -0.442. The van der Waals surface area contributed by atoms with Gasteiger partial charge in [0.25, 0.3) is 5.69 Å². The quantitative estimate of drug-likeness (QED) is 0.606. The highest BCUT2D eigenvalue weighted by atomic mass is 16.6. The number of anilines is 1. The SMILES string of the molecule is Cn1nc(N2CCCC2=O)c2cc([N+](=O)[O-])ccc21. The lowest BCUT2D eigenvalue weighted by Crippen LogP contribution is -2.24. The van der Waals surface area contributed by atoms with Crippen molar-refractivity contribution in [3.63, 3.8) is 0 Å². The van der Waals surface area contributed by atoms with E-state index in [1.165, 1.54) is 12.1 Å². The van der Waals surface area contributed by atoms with E-state index in [1.807, 2.05) is 0 Å². The lowest BCUT2D eigenvalue weighted by atomic mass is 10.2. The van der Waals surface area contributed by atoms with Crippen LogP contribution in [0.4, 0.5) is 11.5 Å². The van der Waals surface area contributed by atoms with Crippen LogP contribution in [0.2, 0.25) is 0 Å². The van der Waals surface area contributed by atoms with Gasteiger partial charge in [-0.15, -0.1) is 0 Å².